The highest BCUT2D eigenvalue weighted by Crippen LogP contribution is 2.25. The van der Waals surface area contributed by atoms with Gasteiger partial charge in [-0.3, -0.25) is 4.57 Å². The van der Waals surface area contributed by atoms with Crippen LogP contribution in [0.3, 0.4) is 0 Å². The van der Waals surface area contributed by atoms with Gasteiger partial charge in [0.15, 0.2) is 5.16 Å². The Hall–Kier alpha value is -2.07. The molecule has 0 spiro atoms. The van der Waals surface area contributed by atoms with Gasteiger partial charge in [0.05, 0.1) is 0 Å². The summed E-state index contributed by atoms with van der Waals surface area (Å²) < 4.78 is 2.11. The lowest BCUT2D eigenvalue weighted by molar-refractivity contribution is 0.867. The molecule has 0 aliphatic heterocycles. The van der Waals surface area contributed by atoms with E-state index in [9.17, 15) is 0 Å². The molecule has 0 unspecified atom stereocenters. The largest absolute Gasteiger partial charge is 0.274 e. The average molecular weight is 295 g/mol. The summed E-state index contributed by atoms with van der Waals surface area (Å²) in [5, 5.41) is 9.47. The van der Waals surface area contributed by atoms with Gasteiger partial charge in [-0.2, -0.15) is 0 Å². The molecule has 3 aromatic rings. The van der Waals surface area contributed by atoms with Gasteiger partial charge < -0.3 is 0 Å². The Morgan fingerprint density at radius 2 is 1.76 bits per heavy atom. The van der Waals surface area contributed by atoms with Crippen molar-refractivity contribution < 1.29 is 0 Å². The second kappa shape index (κ2) is 6.14. The van der Waals surface area contributed by atoms with E-state index >= 15 is 0 Å². The molecular weight excluding hydrogens is 278 g/mol. The number of hydrogen-bond donors (Lipinski definition) is 0. The Balaban J connectivity index is 1.87. The number of thioether (sulfide) groups is 1. The molecule has 3 nitrogen and oxygen atoms in total. The molecule has 0 radical (unpaired) electrons. The highest BCUT2D eigenvalue weighted by Gasteiger charge is 2.11. The van der Waals surface area contributed by atoms with Crippen LogP contribution in [0.15, 0.2) is 59.8 Å². The maximum Gasteiger partial charge on any atom is 0.196 e. The van der Waals surface area contributed by atoms with E-state index in [1.807, 2.05) is 13.0 Å². The normalized spacial score (nSPS) is 10.8. The first-order chi connectivity index (χ1) is 10.2. The maximum absolute atomic E-state index is 4.31. The van der Waals surface area contributed by atoms with E-state index in [1.165, 1.54) is 11.1 Å². The lowest BCUT2D eigenvalue weighted by Crippen LogP contribution is -1.99. The Morgan fingerprint density at radius 1 is 0.952 bits per heavy atom. The summed E-state index contributed by atoms with van der Waals surface area (Å²) in [4.78, 5) is 0. The maximum atomic E-state index is 4.31. The van der Waals surface area contributed by atoms with Crippen LogP contribution in [0.1, 0.15) is 17.0 Å². The fourth-order valence-corrected chi connectivity index (χ4v) is 3.18. The molecule has 1 heterocycles. The number of nitrogens with zero attached hydrogens (tertiary/aromatic N) is 3. The SMILES string of the molecule is Cc1cccc(-n2c(C)nnc2SCc2ccccc2)c1. The monoisotopic (exact) mass is 295 g/mol. The standard InChI is InChI=1S/C17H17N3S/c1-13-7-6-10-16(11-13)20-14(2)18-19-17(20)21-12-15-8-4-3-5-9-15/h3-11H,12H2,1-2H3. The first-order valence-corrected chi connectivity index (χ1v) is 7.88. The minimum atomic E-state index is 0.894. The molecule has 106 valence electrons. The van der Waals surface area contributed by atoms with Crippen LogP contribution in [-0.2, 0) is 5.75 Å². The van der Waals surface area contributed by atoms with Crippen molar-refractivity contribution in [2.75, 3.05) is 0 Å². The minimum absolute atomic E-state index is 0.894. The summed E-state index contributed by atoms with van der Waals surface area (Å²) in [7, 11) is 0. The molecule has 0 aliphatic carbocycles. The van der Waals surface area contributed by atoms with Gasteiger partial charge in [0, 0.05) is 11.4 Å². The Morgan fingerprint density at radius 3 is 2.52 bits per heavy atom. The van der Waals surface area contributed by atoms with Crippen LogP contribution in [0, 0.1) is 13.8 Å². The van der Waals surface area contributed by atoms with Gasteiger partial charge in [-0.05, 0) is 37.1 Å². The molecule has 0 saturated carbocycles. The zero-order valence-corrected chi connectivity index (χ0v) is 13.0. The summed E-state index contributed by atoms with van der Waals surface area (Å²) in [6, 6.07) is 18.8. The van der Waals surface area contributed by atoms with Crippen molar-refractivity contribution in [3.8, 4) is 5.69 Å². The second-order valence-electron chi connectivity index (χ2n) is 4.98. The average Bonchev–Trinajstić information content (AvgIpc) is 2.87. The number of hydrogen-bond acceptors (Lipinski definition) is 3. The van der Waals surface area contributed by atoms with Gasteiger partial charge in [-0.15, -0.1) is 10.2 Å². The molecular formula is C17H17N3S. The predicted octanol–water partition coefficient (Wildman–Crippen LogP) is 4.18. The summed E-state index contributed by atoms with van der Waals surface area (Å²) in [6.45, 7) is 4.09. The molecule has 0 aliphatic rings. The van der Waals surface area contributed by atoms with Crippen LogP contribution in [0.4, 0.5) is 0 Å². The van der Waals surface area contributed by atoms with Gasteiger partial charge in [0.1, 0.15) is 5.82 Å². The molecule has 0 atom stereocenters. The number of aryl methyl sites for hydroxylation is 2. The molecule has 1 aromatic heterocycles. The summed E-state index contributed by atoms with van der Waals surface area (Å²) >= 11 is 1.71. The van der Waals surface area contributed by atoms with Crippen LogP contribution in [0.5, 0.6) is 0 Å². The van der Waals surface area contributed by atoms with Crippen molar-refractivity contribution in [3.63, 3.8) is 0 Å². The number of aromatic nitrogens is 3. The molecule has 0 amide bonds. The first kappa shape index (κ1) is 13.9. The zero-order chi connectivity index (χ0) is 14.7. The quantitative estimate of drug-likeness (QED) is 0.677. The molecule has 2 aromatic carbocycles. The van der Waals surface area contributed by atoms with Crippen LogP contribution in [0.2, 0.25) is 0 Å². The molecule has 0 fully saturated rings. The highest BCUT2D eigenvalue weighted by atomic mass is 32.2. The third-order valence-corrected chi connectivity index (χ3v) is 4.27. The van der Waals surface area contributed by atoms with E-state index in [0.29, 0.717) is 0 Å². The Kier molecular flexibility index (Phi) is 4.06. The van der Waals surface area contributed by atoms with Crippen LogP contribution in [0.25, 0.3) is 5.69 Å². The predicted molar refractivity (Wildman–Crippen MR) is 86.8 cm³/mol. The van der Waals surface area contributed by atoms with Crippen molar-refractivity contribution in [1.29, 1.82) is 0 Å². The van der Waals surface area contributed by atoms with Crippen molar-refractivity contribution in [1.82, 2.24) is 14.8 Å². The summed E-state index contributed by atoms with van der Waals surface area (Å²) in [6.07, 6.45) is 0. The van der Waals surface area contributed by atoms with E-state index < -0.39 is 0 Å². The Bertz CT molecular complexity index is 735. The topological polar surface area (TPSA) is 30.7 Å². The highest BCUT2D eigenvalue weighted by molar-refractivity contribution is 7.98. The van der Waals surface area contributed by atoms with Gasteiger partial charge >= 0.3 is 0 Å². The molecule has 4 heteroatoms. The van der Waals surface area contributed by atoms with Crippen LogP contribution < -0.4 is 0 Å². The van der Waals surface area contributed by atoms with Crippen molar-refractivity contribution >= 4 is 11.8 Å². The van der Waals surface area contributed by atoms with E-state index in [0.717, 1.165) is 22.4 Å². The fourth-order valence-electron chi connectivity index (χ4n) is 2.22. The molecule has 0 N–H and O–H groups in total. The van der Waals surface area contributed by atoms with E-state index in [1.54, 1.807) is 11.8 Å². The van der Waals surface area contributed by atoms with Crippen molar-refractivity contribution in [2.45, 2.75) is 24.8 Å². The van der Waals surface area contributed by atoms with Gasteiger partial charge in [-0.25, -0.2) is 0 Å². The van der Waals surface area contributed by atoms with E-state index in [4.69, 9.17) is 0 Å². The molecule has 21 heavy (non-hydrogen) atoms. The third-order valence-electron chi connectivity index (χ3n) is 3.27. The first-order valence-electron chi connectivity index (χ1n) is 6.90. The van der Waals surface area contributed by atoms with E-state index in [-0.39, 0.29) is 0 Å². The number of rotatable bonds is 4. The fraction of sp³-hybridized carbons (Fsp3) is 0.176. The smallest absolute Gasteiger partial charge is 0.196 e. The molecule has 0 saturated heterocycles. The lowest BCUT2D eigenvalue weighted by Gasteiger charge is -2.09. The lowest BCUT2D eigenvalue weighted by atomic mass is 10.2. The van der Waals surface area contributed by atoms with Crippen LogP contribution >= 0.6 is 11.8 Å². The van der Waals surface area contributed by atoms with Gasteiger partial charge in [0.25, 0.3) is 0 Å². The second-order valence-corrected chi connectivity index (χ2v) is 5.92. The van der Waals surface area contributed by atoms with E-state index in [2.05, 4.69) is 70.2 Å². The van der Waals surface area contributed by atoms with Gasteiger partial charge in [0.2, 0.25) is 0 Å². The molecule has 3 rings (SSSR count). The third kappa shape index (κ3) is 3.16. The zero-order valence-electron chi connectivity index (χ0n) is 12.2. The van der Waals surface area contributed by atoms with Crippen LogP contribution in [-0.4, -0.2) is 14.8 Å². The summed E-state index contributed by atoms with van der Waals surface area (Å²) in [5.41, 5.74) is 3.65. The van der Waals surface area contributed by atoms with Crippen molar-refractivity contribution in [2.24, 2.45) is 0 Å². The number of benzene rings is 2. The van der Waals surface area contributed by atoms with Gasteiger partial charge in [-0.1, -0.05) is 54.2 Å². The molecule has 0 bridgehead atoms. The van der Waals surface area contributed by atoms with Crippen molar-refractivity contribution in [3.05, 3.63) is 71.5 Å². The summed E-state index contributed by atoms with van der Waals surface area (Å²) in [5.74, 6) is 1.81. The minimum Gasteiger partial charge on any atom is -0.274 e. The Labute approximate surface area is 129 Å².